The maximum Gasteiger partial charge on any atom is 0.336 e. The van der Waals surface area contributed by atoms with Crippen LogP contribution in [0.15, 0.2) is 103 Å². The van der Waals surface area contributed by atoms with Crippen LogP contribution in [0.4, 0.5) is 0 Å². The maximum atomic E-state index is 12.6. The number of hydrogen-bond acceptors (Lipinski definition) is 4. The average molecular weight is 417 g/mol. The summed E-state index contributed by atoms with van der Waals surface area (Å²) in [6, 6.07) is 26.6. The first kappa shape index (κ1) is 19.5. The van der Waals surface area contributed by atoms with Crippen molar-refractivity contribution >= 4 is 33.6 Å². The smallest absolute Gasteiger partial charge is 0.336 e. The summed E-state index contributed by atoms with van der Waals surface area (Å²) in [6.45, 7) is 0. The van der Waals surface area contributed by atoms with Gasteiger partial charge in [-0.2, -0.15) is 0 Å². The van der Waals surface area contributed by atoms with Crippen LogP contribution in [0.25, 0.3) is 38.7 Å². The highest BCUT2D eigenvalue weighted by molar-refractivity contribution is 6.10. The zero-order valence-corrected chi connectivity index (χ0v) is 17.1. The summed E-state index contributed by atoms with van der Waals surface area (Å²) in [5, 5.41) is 14.0. The highest BCUT2D eigenvalue weighted by Gasteiger charge is 2.15. The minimum atomic E-state index is -0.475. The number of rotatable bonds is 4. The predicted octanol–water partition coefficient (Wildman–Crippen LogP) is 6.38. The van der Waals surface area contributed by atoms with Crippen LogP contribution >= 0.6 is 0 Å². The van der Waals surface area contributed by atoms with Gasteiger partial charge in [0.1, 0.15) is 11.5 Å². The molecular formula is C28H19NO3. The van der Waals surface area contributed by atoms with E-state index in [1.807, 2.05) is 72.8 Å². The number of benzene rings is 4. The van der Waals surface area contributed by atoms with Gasteiger partial charge in [0.25, 0.3) is 0 Å². The summed E-state index contributed by atoms with van der Waals surface area (Å²) in [7, 11) is 0. The third-order valence-electron chi connectivity index (χ3n) is 5.35. The fourth-order valence-electron chi connectivity index (χ4n) is 3.94. The molecule has 0 aliphatic heterocycles. The molecule has 0 saturated heterocycles. The van der Waals surface area contributed by atoms with Crippen molar-refractivity contribution in [2.45, 2.75) is 0 Å². The van der Waals surface area contributed by atoms with Crippen molar-refractivity contribution in [2.24, 2.45) is 0 Å². The Bertz CT molecular complexity index is 1460. The summed E-state index contributed by atoms with van der Waals surface area (Å²) < 4.78 is 5.75. The van der Waals surface area contributed by atoms with Crippen LogP contribution in [0, 0.1) is 0 Å². The van der Waals surface area contributed by atoms with Crippen LogP contribution in [-0.4, -0.2) is 16.1 Å². The van der Waals surface area contributed by atoms with Crippen LogP contribution in [0.3, 0.4) is 0 Å². The van der Waals surface area contributed by atoms with E-state index in [0.29, 0.717) is 5.75 Å². The number of pyridine rings is 1. The Hall–Kier alpha value is -4.44. The standard InChI is InChI=1S/C28H19NO3/c30-24-13-3-9-20-7-1-11-22(27(20)24)23-12-2-8-21-10-4-14-25(28(21)23)32-26(31)16-15-19-6-5-17-29-18-19/h1-18,30H/b16-15+. The molecule has 5 aromatic rings. The molecule has 0 bridgehead atoms. The molecule has 0 fully saturated rings. The Balaban J connectivity index is 1.61. The van der Waals surface area contributed by atoms with Gasteiger partial charge in [-0.3, -0.25) is 4.98 Å². The summed E-state index contributed by atoms with van der Waals surface area (Å²) in [5.41, 5.74) is 2.57. The lowest BCUT2D eigenvalue weighted by Crippen LogP contribution is -2.04. The molecule has 1 N–H and O–H groups in total. The number of aromatic nitrogens is 1. The zero-order chi connectivity index (χ0) is 21.9. The van der Waals surface area contributed by atoms with Gasteiger partial charge in [-0.25, -0.2) is 4.79 Å². The number of fused-ring (bicyclic) bond motifs is 2. The van der Waals surface area contributed by atoms with Crippen molar-refractivity contribution in [1.82, 2.24) is 4.98 Å². The van der Waals surface area contributed by atoms with Gasteiger partial charge < -0.3 is 9.84 Å². The van der Waals surface area contributed by atoms with Gasteiger partial charge >= 0.3 is 5.97 Å². The van der Waals surface area contributed by atoms with Crippen LogP contribution in [0.1, 0.15) is 5.56 Å². The number of phenolic OH excluding ortho intramolecular Hbond substituents is 1. The lowest BCUT2D eigenvalue weighted by Gasteiger charge is -2.14. The van der Waals surface area contributed by atoms with E-state index in [1.54, 1.807) is 30.6 Å². The molecule has 0 aliphatic rings. The van der Waals surface area contributed by atoms with E-state index in [2.05, 4.69) is 4.98 Å². The fourth-order valence-corrected chi connectivity index (χ4v) is 3.94. The van der Waals surface area contributed by atoms with Gasteiger partial charge in [0.15, 0.2) is 0 Å². The highest BCUT2D eigenvalue weighted by Crippen LogP contribution is 2.40. The summed E-state index contributed by atoms with van der Waals surface area (Å²) >= 11 is 0. The number of phenols is 1. The molecule has 0 unspecified atom stereocenters. The van der Waals surface area contributed by atoms with Crippen molar-refractivity contribution in [3.8, 4) is 22.6 Å². The molecule has 1 heterocycles. The maximum absolute atomic E-state index is 12.6. The molecule has 4 aromatic carbocycles. The van der Waals surface area contributed by atoms with E-state index in [1.165, 1.54) is 6.08 Å². The zero-order valence-electron chi connectivity index (χ0n) is 17.1. The molecule has 0 amide bonds. The van der Waals surface area contributed by atoms with Gasteiger partial charge in [0.05, 0.1) is 0 Å². The number of carbonyl (C=O) groups is 1. The highest BCUT2D eigenvalue weighted by atomic mass is 16.5. The van der Waals surface area contributed by atoms with E-state index in [4.69, 9.17) is 4.74 Å². The lowest BCUT2D eigenvalue weighted by molar-refractivity contribution is -0.128. The second-order valence-electron chi connectivity index (χ2n) is 7.38. The molecule has 1 aromatic heterocycles. The second kappa shape index (κ2) is 8.36. The van der Waals surface area contributed by atoms with Crippen molar-refractivity contribution in [1.29, 1.82) is 0 Å². The second-order valence-corrected chi connectivity index (χ2v) is 7.38. The molecule has 0 aliphatic carbocycles. The van der Waals surface area contributed by atoms with Crippen LogP contribution in [0.2, 0.25) is 0 Å². The molecule has 0 atom stereocenters. The van der Waals surface area contributed by atoms with E-state index in [-0.39, 0.29) is 5.75 Å². The third-order valence-corrected chi connectivity index (χ3v) is 5.35. The van der Waals surface area contributed by atoms with Crippen LogP contribution in [0.5, 0.6) is 11.5 Å². The van der Waals surface area contributed by atoms with Gasteiger partial charge in [-0.05, 0) is 51.7 Å². The normalized spacial score (nSPS) is 11.2. The predicted molar refractivity (Wildman–Crippen MR) is 127 cm³/mol. The van der Waals surface area contributed by atoms with Gasteiger partial charge in [0, 0.05) is 29.2 Å². The molecule has 4 nitrogen and oxygen atoms in total. The lowest BCUT2D eigenvalue weighted by atomic mass is 9.93. The Labute approximate surface area is 185 Å². The molecule has 154 valence electrons. The Morgan fingerprint density at radius 1 is 0.781 bits per heavy atom. The van der Waals surface area contributed by atoms with Crippen LogP contribution < -0.4 is 4.74 Å². The number of ether oxygens (including phenoxy) is 1. The molecule has 0 saturated carbocycles. The first-order chi connectivity index (χ1) is 15.7. The van der Waals surface area contributed by atoms with Gasteiger partial charge in [-0.15, -0.1) is 0 Å². The molecule has 0 spiro atoms. The van der Waals surface area contributed by atoms with Gasteiger partial charge in [-0.1, -0.05) is 66.7 Å². The monoisotopic (exact) mass is 417 g/mol. The minimum absolute atomic E-state index is 0.212. The number of carbonyl (C=O) groups excluding carboxylic acids is 1. The molecule has 5 rings (SSSR count). The van der Waals surface area contributed by atoms with E-state index >= 15 is 0 Å². The Kier molecular flexibility index (Phi) is 5.10. The van der Waals surface area contributed by atoms with E-state index in [9.17, 15) is 9.90 Å². The molecule has 0 radical (unpaired) electrons. The molecular weight excluding hydrogens is 398 g/mol. The SMILES string of the molecule is O=C(/C=C/c1cccnc1)Oc1cccc2cccc(-c3cccc4cccc(O)c34)c12. The van der Waals surface area contributed by atoms with Crippen molar-refractivity contribution in [3.05, 3.63) is 109 Å². The summed E-state index contributed by atoms with van der Waals surface area (Å²) in [6.07, 6.45) is 6.41. The van der Waals surface area contributed by atoms with Crippen LogP contribution in [-0.2, 0) is 4.79 Å². The number of hydrogen-bond donors (Lipinski definition) is 1. The fraction of sp³-hybridized carbons (Fsp3) is 0. The first-order valence-electron chi connectivity index (χ1n) is 10.2. The Morgan fingerprint density at radius 3 is 2.16 bits per heavy atom. The molecule has 32 heavy (non-hydrogen) atoms. The quantitative estimate of drug-likeness (QED) is 0.209. The van der Waals surface area contributed by atoms with Crippen molar-refractivity contribution in [2.75, 3.05) is 0 Å². The number of aromatic hydroxyl groups is 1. The summed E-state index contributed by atoms with van der Waals surface area (Å²) in [5.74, 6) is 0.201. The number of nitrogens with zero attached hydrogens (tertiary/aromatic N) is 1. The van der Waals surface area contributed by atoms with Crippen molar-refractivity contribution < 1.29 is 14.6 Å². The Morgan fingerprint density at radius 2 is 1.44 bits per heavy atom. The molecule has 4 heteroatoms. The van der Waals surface area contributed by atoms with E-state index in [0.717, 1.165) is 38.2 Å². The van der Waals surface area contributed by atoms with E-state index < -0.39 is 5.97 Å². The minimum Gasteiger partial charge on any atom is -0.507 e. The topological polar surface area (TPSA) is 59.4 Å². The van der Waals surface area contributed by atoms with Crippen molar-refractivity contribution in [3.63, 3.8) is 0 Å². The van der Waals surface area contributed by atoms with Gasteiger partial charge in [0.2, 0.25) is 0 Å². The largest absolute Gasteiger partial charge is 0.507 e. The average Bonchev–Trinajstić information content (AvgIpc) is 2.83. The number of esters is 1. The first-order valence-corrected chi connectivity index (χ1v) is 10.2. The summed E-state index contributed by atoms with van der Waals surface area (Å²) in [4.78, 5) is 16.6. The third kappa shape index (κ3) is 3.70.